The van der Waals surface area contributed by atoms with Gasteiger partial charge in [-0.25, -0.2) is 10.2 Å². The van der Waals surface area contributed by atoms with Crippen LogP contribution in [-0.2, 0) is 0 Å². The highest BCUT2D eigenvalue weighted by atomic mass is 35.5. The van der Waals surface area contributed by atoms with E-state index in [4.69, 9.17) is 39.5 Å². The van der Waals surface area contributed by atoms with E-state index in [2.05, 4.69) is 15.8 Å². The molecule has 0 saturated heterocycles. The van der Waals surface area contributed by atoms with Gasteiger partial charge in [0.15, 0.2) is 0 Å². The van der Waals surface area contributed by atoms with Crippen LogP contribution in [0.5, 0.6) is 5.75 Å². The third-order valence-corrected chi connectivity index (χ3v) is 6.24. The van der Waals surface area contributed by atoms with E-state index >= 15 is 0 Å². The van der Waals surface area contributed by atoms with Crippen molar-refractivity contribution in [2.75, 3.05) is 5.32 Å². The molecule has 0 heterocycles. The van der Waals surface area contributed by atoms with Crippen LogP contribution < -0.4 is 15.5 Å². The quantitative estimate of drug-likeness (QED) is 0.0739. The molecule has 13 heteroatoms. The van der Waals surface area contributed by atoms with Gasteiger partial charge in [0, 0.05) is 44.6 Å². The zero-order chi connectivity index (χ0) is 29.5. The molecule has 41 heavy (non-hydrogen) atoms. The number of rotatable bonds is 8. The summed E-state index contributed by atoms with van der Waals surface area (Å²) in [5.74, 6) is -1.85. The Balaban J connectivity index is 1.44. The summed E-state index contributed by atoms with van der Waals surface area (Å²) in [6.07, 6.45) is 1.09. The Hall–Kier alpha value is -4.77. The molecule has 0 aromatic heterocycles. The van der Waals surface area contributed by atoms with Crippen LogP contribution in [0, 0.1) is 10.1 Å². The highest BCUT2D eigenvalue weighted by Crippen LogP contribution is 2.26. The number of nitrogens with one attached hydrogen (secondary N) is 2. The molecule has 2 amide bonds. The molecule has 0 atom stereocenters. The molecule has 0 fully saturated rings. The highest BCUT2D eigenvalue weighted by Gasteiger charge is 2.17. The molecule has 10 nitrogen and oxygen atoms in total. The molecule has 0 aliphatic rings. The molecule has 0 aliphatic carbocycles. The normalized spacial score (nSPS) is 10.7. The van der Waals surface area contributed by atoms with Crippen LogP contribution in [0.15, 0.2) is 90.0 Å². The van der Waals surface area contributed by atoms with Gasteiger partial charge in [0.05, 0.1) is 21.7 Å². The maximum absolute atomic E-state index is 12.6. The van der Waals surface area contributed by atoms with Gasteiger partial charge in [-0.15, -0.1) is 0 Å². The summed E-state index contributed by atoms with van der Waals surface area (Å²) in [4.78, 5) is 48.2. The van der Waals surface area contributed by atoms with Crippen molar-refractivity contribution in [2.45, 2.75) is 0 Å². The molecule has 0 bridgehead atoms. The van der Waals surface area contributed by atoms with E-state index in [1.807, 2.05) is 0 Å². The van der Waals surface area contributed by atoms with Crippen molar-refractivity contribution in [3.63, 3.8) is 0 Å². The lowest BCUT2D eigenvalue weighted by Crippen LogP contribution is -2.18. The van der Waals surface area contributed by atoms with E-state index in [1.165, 1.54) is 48.5 Å². The number of nitro groups is 1. The summed E-state index contributed by atoms with van der Waals surface area (Å²) in [6.45, 7) is 0. The number of hydrazone groups is 1. The van der Waals surface area contributed by atoms with E-state index in [1.54, 1.807) is 24.3 Å². The number of benzene rings is 4. The van der Waals surface area contributed by atoms with Crippen LogP contribution in [0.25, 0.3) is 0 Å². The summed E-state index contributed by atoms with van der Waals surface area (Å²) in [5.41, 5.74) is 3.15. The first-order valence-corrected chi connectivity index (χ1v) is 12.7. The number of carbonyl (C=O) groups excluding carboxylic acids is 3. The van der Waals surface area contributed by atoms with Crippen LogP contribution in [0.4, 0.5) is 11.4 Å². The zero-order valence-electron chi connectivity index (χ0n) is 20.6. The number of nitrogens with zero attached hydrogens (tertiary/aromatic N) is 2. The predicted octanol–water partition coefficient (Wildman–Crippen LogP) is 6.79. The summed E-state index contributed by atoms with van der Waals surface area (Å²) in [6, 6.07) is 20.1. The minimum absolute atomic E-state index is 0.0263. The molecule has 4 aromatic rings. The minimum atomic E-state index is -0.831. The number of ether oxygens (including phenoxy) is 1. The van der Waals surface area contributed by atoms with Crippen molar-refractivity contribution in [3.05, 3.63) is 132 Å². The van der Waals surface area contributed by atoms with Gasteiger partial charge >= 0.3 is 5.97 Å². The average Bonchev–Trinajstić information content (AvgIpc) is 2.94. The number of halogens is 3. The van der Waals surface area contributed by atoms with Gasteiger partial charge in [-0.05, 0) is 72.8 Å². The van der Waals surface area contributed by atoms with Crippen LogP contribution in [-0.4, -0.2) is 28.9 Å². The predicted molar refractivity (Wildman–Crippen MR) is 155 cm³/mol. The topological polar surface area (TPSA) is 140 Å². The lowest BCUT2D eigenvalue weighted by Gasteiger charge is -2.09. The molecule has 0 unspecified atom stereocenters. The first kappa shape index (κ1) is 29.2. The first-order chi connectivity index (χ1) is 19.6. The van der Waals surface area contributed by atoms with Crippen molar-refractivity contribution in [3.8, 4) is 5.75 Å². The summed E-state index contributed by atoms with van der Waals surface area (Å²) in [7, 11) is 0. The second-order valence-electron chi connectivity index (χ2n) is 8.23. The molecule has 0 saturated carbocycles. The fraction of sp³-hybridized carbons (Fsp3) is 0. The summed E-state index contributed by atoms with van der Waals surface area (Å²) < 4.78 is 5.38. The third kappa shape index (κ3) is 7.67. The standard InChI is InChI=1S/C28H17Cl3N4O6/c29-19-5-1-16(2-6-19)26(36)33-21-8-3-17(4-9-21)27(37)34-32-15-18-13-22(35(39)40)10-12-25(18)41-28(38)23-11-7-20(30)14-24(23)31/h1-15H,(H,33,36)(H,34,37)/b32-15+. The number of carbonyl (C=O) groups is 3. The molecule has 4 aromatic carbocycles. The van der Waals surface area contributed by atoms with Crippen LogP contribution in [0.2, 0.25) is 15.1 Å². The van der Waals surface area contributed by atoms with E-state index in [9.17, 15) is 24.5 Å². The Labute approximate surface area is 247 Å². The summed E-state index contributed by atoms with van der Waals surface area (Å²) >= 11 is 17.8. The Kier molecular flexibility index (Phi) is 9.30. The minimum Gasteiger partial charge on any atom is -0.422 e. The maximum Gasteiger partial charge on any atom is 0.345 e. The molecular weight excluding hydrogens is 595 g/mol. The van der Waals surface area contributed by atoms with Gasteiger partial charge in [-0.1, -0.05) is 34.8 Å². The van der Waals surface area contributed by atoms with Crippen LogP contribution >= 0.6 is 34.8 Å². The monoisotopic (exact) mass is 610 g/mol. The van der Waals surface area contributed by atoms with Gasteiger partial charge in [0.25, 0.3) is 17.5 Å². The van der Waals surface area contributed by atoms with Gasteiger partial charge < -0.3 is 10.1 Å². The van der Waals surface area contributed by atoms with Gasteiger partial charge in [0.1, 0.15) is 5.75 Å². The van der Waals surface area contributed by atoms with Crippen LogP contribution in [0.1, 0.15) is 36.6 Å². The van der Waals surface area contributed by atoms with Crippen molar-refractivity contribution in [1.29, 1.82) is 0 Å². The van der Waals surface area contributed by atoms with Crippen molar-refractivity contribution < 1.29 is 24.0 Å². The number of non-ortho nitro benzene ring substituents is 1. The van der Waals surface area contributed by atoms with Gasteiger partial charge in [0.2, 0.25) is 0 Å². The van der Waals surface area contributed by atoms with Crippen molar-refractivity contribution in [1.82, 2.24) is 5.43 Å². The second-order valence-corrected chi connectivity index (χ2v) is 9.51. The molecule has 0 radical (unpaired) electrons. The van der Waals surface area contributed by atoms with Crippen molar-refractivity contribution >= 4 is 70.2 Å². The molecular formula is C28H17Cl3N4O6. The molecule has 4 rings (SSSR count). The Morgan fingerprint density at radius 3 is 2.10 bits per heavy atom. The highest BCUT2D eigenvalue weighted by molar-refractivity contribution is 6.36. The third-order valence-electron chi connectivity index (χ3n) is 5.44. The average molecular weight is 612 g/mol. The van der Waals surface area contributed by atoms with E-state index in [0.29, 0.717) is 21.3 Å². The Bertz CT molecular complexity index is 1680. The van der Waals surface area contributed by atoms with Gasteiger partial charge in [-0.3, -0.25) is 19.7 Å². The zero-order valence-corrected chi connectivity index (χ0v) is 22.9. The SMILES string of the molecule is O=C(N/N=C/c1cc([N+](=O)[O-])ccc1OC(=O)c1ccc(Cl)cc1Cl)c1ccc(NC(=O)c2ccc(Cl)cc2)cc1. The van der Waals surface area contributed by atoms with Crippen LogP contribution in [0.3, 0.4) is 0 Å². The molecule has 2 N–H and O–H groups in total. The van der Waals surface area contributed by atoms with Gasteiger partial charge in [-0.2, -0.15) is 5.10 Å². The van der Waals surface area contributed by atoms with E-state index in [0.717, 1.165) is 18.3 Å². The number of anilines is 1. The lowest BCUT2D eigenvalue weighted by atomic mass is 10.1. The second kappa shape index (κ2) is 13.1. The molecule has 0 spiro atoms. The number of esters is 1. The van der Waals surface area contributed by atoms with Crippen molar-refractivity contribution in [2.24, 2.45) is 5.10 Å². The maximum atomic E-state index is 12.6. The lowest BCUT2D eigenvalue weighted by molar-refractivity contribution is -0.384. The Morgan fingerprint density at radius 1 is 0.805 bits per heavy atom. The summed E-state index contributed by atoms with van der Waals surface area (Å²) in [5, 5.41) is 18.7. The molecule has 0 aliphatic heterocycles. The number of nitro benzene ring substituents is 1. The Morgan fingerprint density at radius 2 is 1.44 bits per heavy atom. The smallest absolute Gasteiger partial charge is 0.345 e. The van der Waals surface area contributed by atoms with E-state index < -0.39 is 16.8 Å². The largest absolute Gasteiger partial charge is 0.422 e. The first-order valence-electron chi connectivity index (χ1n) is 11.6. The molecule has 206 valence electrons. The fourth-order valence-corrected chi connectivity index (χ4v) is 4.00. The number of amides is 2. The number of hydrogen-bond donors (Lipinski definition) is 2. The van der Waals surface area contributed by atoms with E-state index in [-0.39, 0.29) is 39.1 Å². The number of hydrogen-bond acceptors (Lipinski definition) is 7. The fourth-order valence-electron chi connectivity index (χ4n) is 3.39.